The third-order valence-corrected chi connectivity index (χ3v) is 3.06. The summed E-state index contributed by atoms with van der Waals surface area (Å²) in [4.78, 5) is 24.9. The zero-order valence-electron chi connectivity index (χ0n) is 10.4. The molecule has 1 heterocycles. The first-order valence-electron chi connectivity index (χ1n) is 5.69. The van der Waals surface area contributed by atoms with Crippen molar-refractivity contribution in [3.05, 3.63) is 0 Å². The van der Waals surface area contributed by atoms with Gasteiger partial charge in [-0.25, -0.2) is 0 Å². The van der Waals surface area contributed by atoms with E-state index < -0.39 is 0 Å². The molecule has 92 valence electrons. The molecule has 0 spiro atoms. The Hall–Kier alpha value is -1.10. The van der Waals surface area contributed by atoms with Crippen molar-refractivity contribution in [2.45, 2.75) is 32.4 Å². The smallest absolute Gasteiger partial charge is 0.236 e. The summed E-state index contributed by atoms with van der Waals surface area (Å²) in [6, 6.07) is -0.0467. The van der Waals surface area contributed by atoms with Crippen LogP contribution in [0.5, 0.6) is 0 Å². The summed E-state index contributed by atoms with van der Waals surface area (Å²) < 4.78 is 0. The van der Waals surface area contributed by atoms with E-state index in [1.165, 1.54) is 0 Å². The third-order valence-electron chi connectivity index (χ3n) is 3.06. The topological polar surface area (TPSA) is 61.4 Å². The summed E-state index contributed by atoms with van der Waals surface area (Å²) in [7, 11) is 3.43. The predicted octanol–water partition coefficient (Wildman–Crippen LogP) is -0.423. The lowest BCUT2D eigenvalue weighted by Gasteiger charge is -2.25. The standard InChI is InChI=1S/C11H21N3O2/c1-7(2)11(16)14(4)8-5-9(13-6-8)10(15)12-3/h7-9,13H,5-6H2,1-4H3,(H,12,15)/t8-,9-/m0/s1. The van der Waals surface area contributed by atoms with Gasteiger partial charge in [-0.1, -0.05) is 13.8 Å². The van der Waals surface area contributed by atoms with Crippen LogP contribution in [-0.4, -0.2) is 49.4 Å². The predicted molar refractivity (Wildman–Crippen MR) is 61.9 cm³/mol. The van der Waals surface area contributed by atoms with E-state index in [0.717, 1.165) is 0 Å². The van der Waals surface area contributed by atoms with Crippen LogP contribution < -0.4 is 10.6 Å². The first-order valence-corrected chi connectivity index (χ1v) is 5.69. The maximum absolute atomic E-state index is 11.8. The summed E-state index contributed by atoms with van der Waals surface area (Å²) in [5.41, 5.74) is 0. The molecule has 1 rings (SSSR count). The van der Waals surface area contributed by atoms with Gasteiger partial charge < -0.3 is 15.5 Å². The quantitative estimate of drug-likeness (QED) is 0.688. The summed E-state index contributed by atoms with van der Waals surface area (Å²) in [6.07, 6.45) is 0.689. The van der Waals surface area contributed by atoms with Crippen molar-refractivity contribution < 1.29 is 9.59 Å². The van der Waals surface area contributed by atoms with E-state index in [1.54, 1.807) is 19.0 Å². The first kappa shape index (κ1) is 13.0. The van der Waals surface area contributed by atoms with Crippen LogP contribution in [0, 0.1) is 5.92 Å². The molecule has 16 heavy (non-hydrogen) atoms. The molecule has 0 saturated carbocycles. The molecule has 5 nitrogen and oxygen atoms in total. The van der Waals surface area contributed by atoms with Crippen LogP contribution in [0.4, 0.5) is 0 Å². The van der Waals surface area contributed by atoms with Gasteiger partial charge in [-0.3, -0.25) is 9.59 Å². The van der Waals surface area contributed by atoms with E-state index >= 15 is 0 Å². The fourth-order valence-corrected chi connectivity index (χ4v) is 1.97. The minimum Gasteiger partial charge on any atom is -0.358 e. The fourth-order valence-electron chi connectivity index (χ4n) is 1.97. The number of carbonyl (C=O) groups excluding carboxylic acids is 2. The number of rotatable bonds is 3. The molecule has 0 radical (unpaired) electrons. The monoisotopic (exact) mass is 227 g/mol. The van der Waals surface area contributed by atoms with E-state index in [2.05, 4.69) is 10.6 Å². The SMILES string of the molecule is CNC(=O)[C@@H]1C[C@H](N(C)C(=O)C(C)C)CN1. The largest absolute Gasteiger partial charge is 0.358 e. The van der Waals surface area contributed by atoms with Crippen LogP contribution in [0.25, 0.3) is 0 Å². The number of likely N-dealkylation sites (N-methyl/N-ethyl adjacent to an activating group) is 2. The molecule has 0 aromatic carbocycles. The molecule has 0 aromatic rings. The van der Waals surface area contributed by atoms with Crippen molar-refractivity contribution in [2.24, 2.45) is 5.92 Å². The Labute approximate surface area is 96.6 Å². The van der Waals surface area contributed by atoms with Crippen molar-refractivity contribution in [3.63, 3.8) is 0 Å². The molecule has 2 atom stereocenters. The van der Waals surface area contributed by atoms with Crippen molar-refractivity contribution in [2.75, 3.05) is 20.6 Å². The van der Waals surface area contributed by atoms with Crippen molar-refractivity contribution in [1.29, 1.82) is 0 Å². The Balaban J connectivity index is 2.53. The summed E-state index contributed by atoms with van der Waals surface area (Å²) in [5.74, 6) is 0.126. The van der Waals surface area contributed by atoms with Crippen LogP contribution in [-0.2, 0) is 9.59 Å². The summed E-state index contributed by atoms with van der Waals surface area (Å²) in [5, 5.41) is 5.74. The fraction of sp³-hybridized carbons (Fsp3) is 0.818. The second kappa shape index (κ2) is 5.30. The third kappa shape index (κ3) is 2.72. The summed E-state index contributed by atoms with van der Waals surface area (Å²) >= 11 is 0. The first-order chi connectivity index (χ1) is 7.47. The van der Waals surface area contributed by atoms with Crippen LogP contribution >= 0.6 is 0 Å². The zero-order valence-corrected chi connectivity index (χ0v) is 10.4. The molecule has 2 N–H and O–H groups in total. The van der Waals surface area contributed by atoms with Crippen LogP contribution in [0.3, 0.4) is 0 Å². The molecule has 0 bridgehead atoms. The molecule has 0 aliphatic carbocycles. The lowest BCUT2D eigenvalue weighted by atomic mass is 10.1. The van der Waals surface area contributed by atoms with Gasteiger partial charge in [0.1, 0.15) is 0 Å². The zero-order chi connectivity index (χ0) is 12.3. The molecular weight excluding hydrogens is 206 g/mol. The number of hydrogen-bond donors (Lipinski definition) is 2. The second-order valence-electron chi connectivity index (χ2n) is 4.57. The number of hydrogen-bond acceptors (Lipinski definition) is 3. The van der Waals surface area contributed by atoms with Crippen molar-refractivity contribution >= 4 is 11.8 Å². The van der Waals surface area contributed by atoms with Gasteiger partial charge in [0.25, 0.3) is 0 Å². The Morgan fingerprint density at radius 2 is 2.06 bits per heavy atom. The second-order valence-corrected chi connectivity index (χ2v) is 4.57. The number of carbonyl (C=O) groups is 2. The number of amides is 2. The van der Waals surface area contributed by atoms with Crippen LogP contribution in [0.1, 0.15) is 20.3 Å². The van der Waals surface area contributed by atoms with Crippen molar-refractivity contribution in [1.82, 2.24) is 15.5 Å². The van der Waals surface area contributed by atoms with Gasteiger partial charge in [0.15, 0.2) is 0 Å². The Morgan fingerprint density at radius 3 is 2.56 bits per heavy atom. The molecule has 1 saturated heterocycles. The van der Waals surface area contributed by atoms with Gasteiger partial charge in [-0.05, 0) is 6.42 Å². The normalized spacial score (nSPS) is 24.6. The van der Waals surface area contributed by atoms with Crippen LogP contribution in [0.2, 0.25) is 0 Å². The van der Waals surface area contributed by atoms with E-state index in [4.69, 9.17) is 0 Å². The highest BCUT2D eigenvalue weighted by Gasteiger charge is 2.33. The highest BCUT2D eigenvalue weighted by Crippen LogP contribution is 2.14. The minimum atomic E-state index is -0.169. The average Bonchev–Trinajstić information content (AvgIpc) is 2.75. The summed E-state index contributed by atoms with van der Waals surface area (Å²) in [6.45, 7) is 4.46. The van der Waals surface area contributed by atoms with Crippen LogP contribution in [0.15, 0.2) is 0 Å². The van der Waals surface area contributed by atoms with Gasteiger partial charge in [0.2, 0.25) is 11.8 Å². The molecule has 0 unspecified atom stereocenters. The maximum Gasteiger partial charge on any atom is 0.236 e. The molecule has 1 aliphatic rings. The van der Waals surface area contributed by atoms with Gasteiger partial charge in [-0.15, -0.1) is 0 Å². The number of nitrogens with one attached hydrogen (secondary N) is 2. The molecule has 2 amide bonds. The molecule has 0 aromatic heterocycles. The van der Waals surface area contributed by atoms with Gasteiger partial charge in [0, 0.05) is 32.6 Å². The van der Waals surface area contributed by atoms with E-state index in [-0.39, 0.29) is 29.8 Å². The van der Waals surface area contributed by atoms with E-state index in [9.17, 15) is 9.59 Å². The Kier molecular flexibility index (Phi) is 4.29. The highest BCUT2D eigenvalue weighted by atomic mass is 16.2. The van der Waals surface area contributed by atoms with Gasteiger partial charge >= 0.3 is 0 Å². The van der Waals surface area contributed by atoms with Crippen molar-refractivity contribution in [3.8, 4) is 0 Å². The molecular formula is C11H21N3O2. The van der Waals surface area contributed by atoms with E-state index in [0.29, 0.717) is 13.0 Å². The maximum atomic E-state index is 11.8. The van der Waals surface area contributed by atoms with Gasteiger partial charge in [-0.2, -0.15) is 0 Å². The highest BCUT2D eigenvalue weighted by molar-refractivity contribution is 5.82. The minimum absolute atomic E-state index is 0.00375. The molecule has 5 heteroatoms. The lowest BCUT2D eigenvalue weighted by Crippen LogP contribution is -2.40. The van der Waals surface area contributed by atoms with Gasteiger partial charge in [0.05, 0.1) is 6.04 Å². The average molecular weight is 227 g/mol. The number of nitrogens with zero attached hydrogens (tertiary/aromatic N) is 1. The molecule has 1 fully saturated rings. The Bertz CT molecular complexity index is 278. The molecule has 1 aliphatic heterocycles. The Morgan fingerprint density at radius 1 is 1.44 bits per heavy atom. The van der Waals surface area contributed by atoms with E-state index in [1.807, 2.05) is 13.8 Å². The lowest BCUT2D eigenvalue weighted by molar-refractivity contribution is -0.135.